The average molecular weight is 223 g/mol. The van der Waals surface area contributed by atoms with Crippen LogP contribution in [-0.2, 0) is 4.94 Å². The molecule has 84 valence electrons. The van der Waals surface area contributed by atoms with Crippen molar-refractivity contribution in [3.63, 3.8) is 0 Å². The smallest absolute Gasteiger partial charge is 0.355 e. The van der Waals surface area contributed by atoms with Crippen LogP contribution in [0.2, 0.25) is 0 Å². The highest BCUT2D eigenvalue weighted by Gasteiger charge is 2.15. The van der Waals surface area contributed by atoms with Gasteiger partial charge in [-0.25, -0.2) is 9.74 Å². The van der Waals surface area contributed by atoms with E-state index in [1.165, 1.54) is 12.1 Å². The molecule has 0 atom stereocenters. The second-order valence-corrected chi connectivity index (χ2v) is 2.79. The minimum absolute atomic E-state index is 0.231. The molecule has 0 unspecified atom stereocenters. The van der Waals surface area contributed by atoms with Crippen LogP contribution in [0.15, 0.2) is 41.5 Å². The molecule has 0 N–H and O–H groups in total. The summed E-state index contributed by atoms with van der Waals surface area (Å²) in [5.74, 6) is -0.877. The monoisotopic (exact) mass is 223 g/mol. The van der Waals surface area contributed by atoms with E-state index in [-0.39, 0.29) is 5.69 Å². The van der Waals surface area contributed by atoms with E-state index in [0.717, 1.165) is 0 Å². The predicted octanol–water partition coefficient (Wildman–Crippen LogP) is 2.86. The molecule has 1 aromatic heterocycles. The molecule has 1 aromatic rings. The van der Waals surface area contributed by atoms with E-state index in [9.17, 15) is 9.32 Å². The van der Waals surface area contributed by atoms with E-state index in [0.29, 0.717) is 11.3 Å². The zero-order valence-electron chi connectivity index (χ0n) is 8.64. The molecule has 0 aromatic carbocycles. The highest BCUT2D eigenvalue weighted by atomic mass is 19.3. The number of carbonyl (C=O) groups is 1. The summed E-state index contributed by atoms with van der Waals surface area (Å²) in [6.45, 7) is 5.44. The molecule has 0 spiro atoms. The van der Waals surface area contributed by atoms with Gasteiger partial charge in [-0.3, -0.25) is 0 Å². The molecule has 1 heterocycles. The molecule has 0 aliphatic carbocycles. The van der Waals surface area contributed by atoms with E-state index in [4.69, 9.17) is 4.52 Å². The fourth-order valence-electron chi connectivity index (χ4n) is 0.998. The van der Waals surface area contributed by atoms with Crippen molar-refractivity contribution in [3.05, 3.63) is 48.4 Å². The molecular formula is C11H10FNO3. The number of aromatic nitrogens is 1. The Bertz CT molecular complexity index is 446. The minimum Gasteiger partial charge on any atom is -0.355 e. The maximum Gasteiger partial charge on any atom is 0.401 e. The zero-order valence-corrected chi connectivity index (χ0v) is 8.64. The standard InChI is InChI=1S/C11H10FNO3/c1-3-5-6-8(4-2)10-7-9(13-16-10)11(14)15-12/h3-7H,2H2,1H3/b5-3-,8-6+. The van der Waals surface area contributed by atoms with Gasteiger partial charge in [0.2, 0.25) is 0 Å². The van der Waals surface area contributed by atoms with Crippen LogP contribution >= 0.6 is 0 Å². The lowest BCUT2D eigenvalue weighted by Gasteiger charge is -1.91. The summed E-state index contributed by atoms with van der Waals surface area (Å²) in [6.07, 6.45) is 6.84. The number of rotatable bonds is 4. The minimum atomic E-state index is -1.19. The molecule has 0 saturated heterocycles. The third kappa shape index (κ3) is 2.66. The second kappa shape index (κ2) is 5.65. The molecule has 0 saturated carbocycles. The summed E-state index contributed by atoms with van der Waals surface area (Å²) in [4.78, 5) is 13.8. The molecule has 0 amide bonds. The van der Waals surface area contributed by atoms with Gasteiger partial charge in [0.25, 0.3) is 0 Å². The number of carbonyl (C=O) groups excluding carboxylic acids is 1. The summed E-state index contributed by atoms with van der Waals surface area (Å²) in [5.41, 5.74) is 0.397. The topological polar surface area (TPSA) is 52.3 Å². The Balaban J connectivity index is 3.00. The van der Waals surface area contributed by atoms with Crippen molar-refractivity contribution in [1.82, 2.24) is 5.16 Å². The maximum absolute atomic E-state index is 11.6. The van der Waals surface area contributed by atoms with Gasteiger partial charge >= 0.3 is 5.97 Å². The highest BCUT2D eigenvalue weighted by Crippen LogP contribution is 2.17. The molecular weight excluding hydrogens is 213 g/mol. The normalized spacial score (nSPS) is 11.8. The van der Waals surface area contributed by atoms with Crippen molar-refractivity contribution >= 4 is 11.5 Å². The van der Waals surface area contributed by atoms with Gasteiger partial charge < -0.3 is 4.52 Å². The number of allylic oxidation sites excluding steroid dienone is 5. The van der Waals surface area contributed by atoms with E-state index in [1.54, 1.807) is 12.2 Å². The van der Waals surface area contributed by atoms with Crippen LogP contribution in [0, 0.1) is 0 Å². The first-order valence-electron chi connectivity index (χ1n) is 4.48. The van der Waals surface area contributed by atoms with Crippen molar-refractivity contribution in [3.8, 4) is 0 Å². The molecule has 0 fully saturated rings. The van der Waals surface area contributed by atoms with Crippen LogP contribution in [-0.4, -0.2) is 11.1 Å². The first-order valence-corrected chi connectivity index (χ1v) is 4.48. The van der Waals surface area contributed by atoms with Crippen LogP contribution in [0.5, 0.6) is 0 Å². The van der Waals surface area contributed by atoms with E-state index >= 15 is 0 Å². The molecule has 4 nitrogen and oxygen atoms in total. The molecule has 0 aliphatic rings. The quantitative estimate of drug-likeness (QED) is 0.736. The number of nitrogens with zero attached hydrogens (tertiary/aromatic N) is 1. The lowest BCUT2D eigenvalue weighted by Crippen LogP contribution is -1.97. The molecule has 0 aliphatic heterocycles. The van der Waals surface area contributed by atoms with Gasteiger partial charge in [0.05, 0.1) is 0 Å². The Hall–Kier alpha value is -2.17. The van der Waals surface area contributed by atoms with Gasteiger partial charge in [0.15, 0.2) is 11.5 Å². The number of hydrogen-bond donors (Lipinski definition) is 0. The third-order valence-corrected chi connectivity index (χ3v) is 1.76. The molecule has 16 heavy (non-hydrogen) atoms. The van der Waals surface area contributed by atoms with Crippen LogP contribution in [0.1, 0.15) is 23.2 Å². The van der Waals surface area contributed by atoms with Crippen molar-refractivity contribution in [2.75, 3.05) is 0 Å². The molecule has 0 radical (unpaired) electrons. The summed E-state index contributed by atoms with van der Waals surface area (Å²) in [5, 5.41) is 3.36. The van der Waals surface area contributed by atoms with Gasteiger partial charge in [0.1, 0.15) is 0 Å². The van der Waals surface area contributed by atoms with Crippen molar-refractivity contribution in [2.24, 2.45) is 0 Å². The predicted molar refractivity (Wildman–Crippen MR) is 56.0 cm³/mol. The average Bonchev–Trinajstić information content (AvgIpc) is 2.78. The summed E-state index contributed by atoms with van der Waals surface area (Å²) >= 11 is 0. The van der Waals surface area contributed by atoms with Gasteiger partial charge in [-0.1, -0.05) is 36.0 Å². The highest BCUT2D eigenvalue weighted by molar-refractivity contribution is 5.88. The molecule has 0 bridgehead atoms. The van der Waals surface area contributed by atoms with Crippen LogP contribution in [0.25, 0.3) is 5.57 Å². The first-order chi connectivity index (χ1) is 7.72. The lowest BCUT2D eigenvalue weighted by atomic mass is 10.1. The van der Waals surface area contributed by atoms with Gasteiger partial charge in [-0.2, -0.15) is 0 Å². The Morgan fingerprint density at radius 2 is 2.44 bits per heavy atom. The number of hydrogen-bond acceptors (Lipinski definition) is 4. The van der Waals surface area contributed by atoms with Gasteiger partial charge in [0, 0.05) is 16.2 Å². The maximum atomic E-state index is 11.6. The largest absolute Gasteiger partial charge is 0.401 e. The first kappa shape index (κ1) is 11.9. The lowest BCUT2D eigenvalue weighted by molar-refractivity contribution is -0.0795. The number of halogens is 1. The Labute approximate surface area is 91.6 Å². The van der Waals surface area contributed by atoms with E-state index in [1.807, 2.05) is 13.0 Å². The zero-order chi connectivity index (χ0) is 12.0. The fraction of sp³-hybridized carbons (Fsp3) is 0.0909. The van der Waals surface area contributed by atoms with Crippen molar-refractivity contribution < 1.29 is 18.8 Å². The van der Waals surface area contributed by atoms with Crippen molar-refractivity contribution in [1.29, 1.82) is 0 Å². The summed E-state index contributed by atoms with van der Waals surface area (Å²) in [7, 11) is 0. The second-order valence-electron chi connectivity index (χ2n) is 2.79. The fourth-order valence-corrected chi connectivity index (χ4v) is 0.998. The van der Waals surface area contributed by atoms with E-state index in [2.05, 4.69) is 16.7 Å². The Morgan fingerprint density at radius 1 is 1.69 bits per heavy atom. The summed E-state index contributed by atoms with van der Waals surface area (Å²) < 4.78 is 16.4. The van der Waals surface area contributed by atoms with Crippen LogP contribution < -0.4 is 0 Å². The SMILES string of the molecule is C=C/C(=C\C=C/C)c1cc(C(=O)OF)no1. The van der Waals surface area contributed by atoms with E-state index < -0.39 is 5.97 Å². The summed E-state index contributed by atoms with van der Waals surface area (Å²) in [6, 6.07) is 1.28. The Morgan fingerprint density at radius 3 is 3.00 bits per heavy atom. The van der Waals surface area contributed by atoms with Crippen LogP contribution in [0.4, 0.5) is 4.53 Å². The van der Waals surface area contributed by atoms with Crippen molar-refractivity contribution in [2.45, 2.75) is 6.92 Å². The van der Waals surface area contributed by atoms with Gasteiger partial charge in [-0.15, -0.1) is 0 Å². The molecule has 1 rings (SSSR count). The van der Waals surface area contributed by atoms with Crippen LogP contribution in [0.3, 0.4) is 0 Å². The Kier molecular flexibility index (Phi) is 4.20. The molecule has 5 heteroatoms. The van der Waals surface area contributed by atoms with Gasteiger partial charge in [-0.05, 0) is 6.92 Å². The third-order valence-electron chi connectivity index (χ3n) is 1.76.